The van der Waals surface area contributed by atoms with Crippen molar-refractivity contribution in [3.63, 3.8) is 0 Å². The van der Waals surface area contributed by atoms with Crippen LogP contribution >= 0.6 is 11.6 Å². The van der Waals surface area contributed by atoms with E-state index in [1.165, 1.54) is 12.2 Å². The van der Waals surface area contributed by atoms with Gasteiger partial charge in [0.15, 0.2) is 0 Å². The first-order valence-electron chi connectivity index (χ1n) is 5.71. The van der Waals surface area contributed by atoms with E-state index in [1.54, 1.807) is 24.3 Å². The third kappa shape index (κ3) is 2.97. The van der Waals surface area contributed by atoms with Crippen LogP contribution in [0.2, 0.25) is 5.02 Å². The van der Waals surface area contributed by atoms with Crippen LogP contribution in [0.15, 0.2) is 48.3 Å². The van der Waals surface area contributed by atoms with Crippen molar-refractivity contribution in [2.24, 2.45) is 5.92 Å². The lowest BCUT2D eigenvalue weighted by Gasteiger charge is -2.26. The Balaban J connectivity index is 2.25. The first-order chi connectivity index (χ1) is 8.91. The first-order valence-corrected chi connectivity index (χ1v) is 6.09. The molecule has 100 valence electrons. The van der Waals surface area contributed by atoms with Crippen LogP contribution in [0.25, 0.3) is 0 Å². The smallest absolute Gasteiger partial charge is 0.318 e. The zero-order valence-electron chi connectivity index (χ0n) is 9.95. The van der Waals surface area contributed by atoms with Crippen molar-refractivity contribution >= 4 is 17.6 Å². The summed E-state index contributed by atoms with van der Waals surface area (Å²) in [6.45, 7) is 0. The maximum absolute atomic E-state index is 10.8. The van der Waals surface area contributed by atoms with Gasteiger partial charge in [0.05, 0.1) is 0 Å². The van der Waals surface area contributed by atoms with Crippen LogP contribution in [0.5, 0.6) is 0 Å². The van der Waals surface area contributed by atoms with Crippen molar-refractivity contribution in [1.29, 1.82) is 0 Å². The highest BCUT2D eigenvalue weighted by Crippen LogP contribution is 2.29. The largest absolute Gasteiger partial charge is 0.511 e. The van der Waals surface area contributed by atoms with Gasteiger partial charge in [0.25, 0.3) is 0 Å². The van der Waals surface area contributed by atoms with Gasteiger partial charge < -0.3 is 15.3 Å². The summed E-state index contributed by atoms with van der Waals surface area (Å²) >= 11 is 6.01. The molecule has 5 heteroatoms. The summed E-state index contributed by atoms with van der Waals surface area (Å²) in [5.74, 6) is -2.64. The number of aliphatic carboxylic acids is 1. The predicted molar refractivity (Wildman–Crippen MR) is 71.1 cm³/mol. The van der Waals surface area contributed by atoms with Crippen LogP contribution < -0.4 is 0 Å². The van der Waals surface area contributed by atoms with Crippen molar-refractivity contribution in [2.75, 3.05) is 0 Å². The van der Waals surface area contributed by atoms with E-state index in [1.807, 2.05) is 0 Å². The quantitative estimate of drug-likeness (QED) is 0.743. The predicted octanol–water partition coefficient (Wildman–Crippen LogP) is 2.33. The summed E-state index contributed by atoms with van der Waals surface area (Å²) in [4.78, 5) is 10.8. The summed E-state index contributed by atoms with van der Waals surface area (Å²) in [6, 6.07) is 7.04. The van der Waals surface area contributed by atoms with Gasteiger partial charge in [-0.25, -0.2) is 0 Å². The SMILES string of the molecule is O=C(O)C1C=CC(O)(Cc2ccccc2Cl)C=C1O. The summed E-state index contributed by atoms with van der Waals surface area (Å²) in [5, 5.41) is 29.4. The molecule has 0 amide bonds. The molecular formula is C14H13ClO4. The number of carboxylic acid groups (broad SMARTS) is 1. The van der Waals surface area contributed by atoms with Gasteiger partial charge in [0.1, 0.15) is 17.3 Å². The molecule has 19 heavy (non-hydrogen) atoms. The van der Waals surface area contributed by atoms with Crippen LogP contribution in [0.3, 0.4) is 0 Å². The Morgan fingerprint density at radius 2 is 2.05 bits per heavy atom. The molecule has 0 saturated heterocycles. The van der Waals surface area contributed by atoms with E-state index in [2.05, 4.69) is 0 Å². The molecule has 3 N–H and O–H groups in total. The summed E-state index contributed by atoms with van der Waals surface area (Å²) in [5.41, 5.74) is -0.713. The molecule has 1 aromatic carbocycles. The Morgan fingerprint density at radius 1 is 1.37 bits per heavy atom. The summed E-state index contributed by atoms with van der Waals surface area (Å²) in [6.07, 6.45) is 3.96. The topological polar surface area (TPSA) is 77.8 Å². The number of halogens is 1. The minimum atomic E-state index is -1.43. The van der Waals surface area contributed by atoms with Crippen molar-refractivity contribution in [2.45, 2.75) is 12.0 Å². The minimum Gasteiger partial charge on any atom is -0.511 e. The Hall–Kier alpha value is -1.78. The molecule has 0 bridgehead atoms. The minimum absolute atomic E-state index is 0.166. The Kier molecular flexibility index (Phi) is 3.64. The maximum atomic E-state index is 10.8. The molecule has 0 aliphatic heterocycles. The van der Waals surface area contributed by atoms with E-state index in [-0.39, 0.29) is 12.2 Å². The van der Waals surface area contributed by atoms with E-state index in [0.717, 1.165) is 6.08 Å². The molecule has 1 aliphatic carbocycles. The van der Waals surface area contributed by atoms with Crippen LogP contribution in [0, 0.1) is 5.92 Å². The van der Waals surface area contributed by atoms with Crippen LogP contribution in [-0.4, -0.2) is 26.9 Å². The number of carbonyl (C=O) groups is 1. The van der Waals surface area contributed by atoms with Gasteiger partial charge in [0.2, 0.25) is 0 Å². The summed E-state index contributed by atoms with van der Waals surface area (Å²) in [7, 11) is 0. The molecule has 0 aromatic heterocycles. The second-order valence-electron chi connectivity index (χ2n) is 4.50. The Labute approximate surface area is 115 Å². The molecule has 1 aromatic rings. The van der Waals surface area contributed by atoms with Gasteiger partial charge in [0, 0.05) is 11.4 Å². The molecular weight excluding hydrogens is 268 g/mol. The number of hydrogen-bond donors (Lipinski definition) is 3. The molecule has 4 nitrogen and oxygen atoms in total. The highest BCUT2D eigenvalue weighted by atomic mass is 35.5. The van der Waals surface area contributed by atoms with E-state index in [4.69, 9.17) is 16.7 Å². The van der Waals surface area contributed by atoms with Crippen molar-refractivity contribution in [1.82, 2.24) is 0 Å². The third-order valence-corrected chi connectivity index (χ3v) is 3.36. The number of benzene rings is 1. The zero-order valence-corrected chi connectivity index (χ0v) is 10.7. The molecule has 2 rings (SSSR count). The monoisotopic (exact) mass is 280 g/mol. The average molecular weight is 281 g/mol. The number of rotatable bonds is 3. The normalized spacial score (nSPS) is 26.0. The molecule has 0 fully saturated rings. The lowest BCUT2D eigenvalue weighted by molar-refractivity contribution is -0.139. The van der Waals surface area contributed by atoms with E-state index in [9.17, 15) is 15.0 Å². The van der Waals surface area contributed by atoms with Crippen LogP contribution in [0.4, 0.5) is 0 Å². The zero-order chi connectivity index (χ0) is 14.0. The Bertz CT molecular complexity index is 564. The molecule has 0 heterocycles. The van der Waals surface area contributed by atoms with Gasteiger partial charge in [-0.3, -0.25) is 4.79 Å². The van der Waals surface area contributed by atoms with E-state index in [0.29, 0.717) is 10.6 Å². The van der Waals surface area contributed by atoms with Gasteiger partial charge in [-0.2, -0.15) is 0 Å². The fraction of sp³-hybridized carbons (Fsp3) is 0.214. The lowest BCUT2D eigenvalue weighted by atomic mass is 9.86. The van der Waals surface area contributed by atoms with Crippen molar-refractivity contribution in [3.05, 3.63) is 58.8 Å². The number of aliphatic hydroxyl groups is 2. The molecule has 0 saturated carbocycles. The fourth-order valence-corrected chi connectivity index (χ4v) is 2.22. The fourth-order valence-electron chi connectivity index (χ4n) is 2.02. The van der Waals surface area contributed by atoms with Crippen molar-refractivity contribution < 1.29 is 20.1 Å². The number of carboxylic acids is 1. The lowest BCUT2D eigenvalue weighted by Crippen LogP contribution is -2.32. The van der Waals surface area contributed by atoms with E-state index >= 15 is 0 Å². The van der Waals surface area contributed by atoms with Crippen molar-refractivity contribution in [3.8, 4) is 0 Å². The third-order valence-electron chi connectivity index (χ3n) is 2.99. The van der Waals surface area contributed by atoms with Gasteiger partial charge in [-0.1, -0.05) is 42.0 Å². The number of aliphatic hydroxyl groups excluding tert-OH is 1. The van der Waals surface area contributed by atoms with Crippen LogP contribution in [-0.2, 0) is 11.2 Å². The van der Waals surface area contributed by atoms with Gasteiger partial charge in [-0.05, 0) is 17.7 Å². The number of hydrogen-bond acceptors (Lipinski definition) is 3. The highest BCUT2D eigenvalue weighted by molar-refractivity contribution is 6.31. The first kappa shape index (κ1) is 13.6. The molecule has 2 unspecified atom stereocenters. The van der Waals surface area contributed by atoms with Gasteiger partial charge >= 0.3 is 5.97 Å². The average Bonchev–Trinajstić information content (AvgIpc) is 2.31. The van der Waals surface area contributed by atoms with Gasteiger partial charge in [-0.15, -0.1) is 0 Å². The molecule has 2 atom stereocenters. The highest BCUT2D eigenvalue weighted by Gasteiger charge is 2.32. The molecule has 0 radical (unpaired) electrons. The second-order valence-corrected chi connectivity index (χ2v) is 4.91. The standard InChI is InChI=1S/C14H13ClO4/c15-11-4-2-1-3-9(11)7-14(19)6-5-10(13(17)18)12(16)8-14/h1-6,8,10,16,19H,7H2,(H,17,18). The van der Waals surface area contributed by atoms with E-state index < -0.39 is 17.5 Å². The molecule has 1 aliphatic rings. The maximum Gasteiger partial charge on any atom is 0.318 e. The second kappa shape index (κ2) is 5.07. The molecule has 0 spiro atoms. The van der Waals surface area contributed by atoms with Crippen LogP contribution in [0.1, 0.15) is 5.56 Å². The Morgan fingerprint density at radius 3 is 2.63 bits per heavy atom. The summed E-state index contributed by atoms with van der Waals surface area (Å²) < 4.78 is 0.